The summed E-state index contributed by atoms with van der Waals surface area (Å²) in [5, 5.41) is 11.3. The van der Waals surface area contributed by atoms with E-state index in [1.165, 1.54) is 7.05 Å². The van der Waals surface area contributed by atoms with Crippen molar-refractivity contribution in [1.29, 1.82) is 0 Å². The molecule has 20 heavy (non-hydrogen) atoms. The summed E-state index contributed by atoms with van der Waals surface area (Å²) < 4.78 is 0. The Morgan fingerprint density at radius 1 is 1.30 bits per heavy atom. The van der Waals surface area contributed by atoms with Crippen LogP contribution in [0.4, 0.5) is 10.5 Å². The monoisotopic (exact) mass is 279 g/mol. The largest absolute Gasteiger partial charge is 0.481 e. The molecular weight excluding hydrogens is 262 g/mol. The predicted molar refractivity (Wildman–Crippen MR) is 73.2 cm³/mol. The Morgan fingerprint density at radius 2 is 1.95 bits per heavy atom. The van der Waals surface area contributed by atoms with Gasteiger partial charge in [-0.25, -0.2) is 4.79 Å². The number of carboxylic acid groups (broad SMARTS) is 1. The van der Waals surface area contributed by atoms with Crippen LogP contribution in [-0.2, 0) is 16.0 Å². The summed E-state index contributed by atoms with van der Waals surface area (Å²) in [6.45, 7) is -0.191. The molecule has 0 heterocycles. The highest BCUT2D eigenvalue weighted by molar-refractivity contribution is 5.92. The number of nitrogens with two attached hydrogens (primary N) is 1. The van der Waals surface area contributed by atoms with E-state index in [4.69, 9.17) is 10.8 Å². The van der Waals surface area contributed by atoms with Crippen LogP contribution in [0.5, 0.6) is 0 Å². The highest BCUT2D eigenvalue weighted by atomic mass is 16.4. The van der Waals surface area contributed by atoms with Crippen molar-refractivity contribution in [3.05, 3.63) is 29.8 Å². The molecule has 3 amide bonds. The molecule has 108 valence electrons. The Labute approximate surface area is 116 Å². The molecule has 0 aliphatic rings. The number of aryl methyl sites for hydroxylation is 1. The summed E-state index contributed by atoms with van der Waals surface area (Å²) in [5.41, 5.74) is 6.25. The lowest BCUT2D eigenvalue weighted by atomic mass is 10.1. The molecular formula is C13H17N3O4. The average molecular weight is 279 g/mol. The van der Waals surface area contributed by atoms with Crippen molar-refractivity contribution < 1.29 is 19.5 Å². The minimum Gasteiger partial charge on any atom is -0.481 e. The highest BCUT2D eigenvalue weighted by Crippen LogP contribution is 2.17. The second kappa shape index (κ2) is 7.13. The quantitative estimate of drug-likeness (QED) is 0.709. The van der Waals surface area contributed by atoms with Crippen LogP contribution < -0.4 is 11.1 Å². The maximum atomic E-state index is 11.8. The van der Waals surface area contributed by atoms with Crippen LogP contribution in [0.3, 0.4) is 0 Å². The summed E-state index contributed by atoms with van der Waals surface area (Å²) in [6, 6.07) is 6.43. The number of carbonyl (C=O) groups is 3. The molecule has 0 atom stereocenters. The maximum Gasteiger partial charge on any atom is 0.322 e. The molecule has 0 saturated carbocycles. The molecule has 1 aromatic rings. The zero-order valence-corrected chi connectivity index (χ0v) is 11.1. The number of anilines is 1. The van der Waals surface area contributed by atoms with Crippen LogP contribution >= 0.6 is 0 Å². The van der Waals surface area contributed by atoms with Gasteiger partial charge in [0, 0.05) is 19.2 Å². The highest BCUT2D eigenvalue weighted by Gasteiger charge is 2.13. The number of hydrogen-bond acceptors (Lipinski definition) is 3. The molecule has 0 bridgehead atoms. The number of hydrogen-bond donors (Lipinski definition) is 3. The summed E-state index contributed by atoms with van der Waals surface area (Å²) in [7, 11) is 1.44. The van der Waals surface area contributed by atoms with Crippen molar-refractivity contribution in [1.82, 2.24) is 4.90 Å². The van der Waals surface area contributed by atoms with Gasteiger partial charge in [0.05, 0.1) is 0 Å². The number of likely N-dealkylation sites (N-methyl/N-ethyl adjacent to an activating group) is 1. The number of amides is 3. The van der Waals surface area contributed by atoms with E-state index in [2.05, 4.69) is 5.32 Å². The van der Waals surface area contributed by atoms with Crippen molar-refractivity contribution in [2.45, 2.75) is 12.8 Å². The van der Waals surface area contributed by atoms with Crippen LogP contribution in [0.15, 0.2) is 24.3 Å². The fourth-order valence-corrected chi connectivity index (χ4v) is 1.62. The molecule has 7 nitrogen and oxygen atoms in total. The van der Waals surface area contributed by atoms with Gasteiger partial charge in [0.1, 0.15) is 6.54 Å². The van der Waals surface area contributed by atoms with Crippen molar-refractivity contribution >= 4 is 23.6 Å². The molecule has 1 aromatic carbocycles. The number of nitrogens with zero attached hydrogens (tertiary/aromatic N) is 1. The smallest absolute Gasteiger partial charge is 0.322 e. The number of carbonyl (C=O) groups excluding carboxylic acids is 2. The number of primary amides is 1. The Hall–Kier alpha value is -2.57. The third-order valence-corrected chi connectivity index (χ3v) is 2.61. The molecule has 0 unspecified atom stereocenters. The van der Waals surface area contributed by atoms with Gasteiger partial charge in [-0.15, -0.1) is 0 Å². The van der Waals surface area contributed by atoms with E-state index in [-0.39, 0.29) is 13.0 Å². The maximum absolute atomic E-state index is 11.8. The van der Waals surface area contributed by atoms with Crippen LogP contribution in [-0.4, -0.2) is 41.5 Å². The molecule has 7 heteroatoms. The molecule has 0 aromatic heterocycles. The lowest BCUT2D eigenvalue weighted by molar-refractivity contribution is -0.137. The van der Waals surface area contributed by atoms with E-state index in [1.807, 2.05) is 0 Å². The molecule has 0 aliphatic heterocycles. The SMILES string of the molecule is CN(CC(N)=O)C(=O)Nc1ccccc1CCC(=O)O. The number of rotatable bonds is 6. The zero-order valence-electron chi connectivity index (χ0n) is 11.1. The Morgan fingerprint density at radius 3 is 2.55 bits per heavy atom. The first-order valence-corrected chi connectivity index (χ1v) is 6.00. The van der Waals surface area contributed by atoms with Gasteiger partial charge >= 0.3 is 12.0 Å². The van der Waals surface area contributed by atoms with Gasteiger partial charge in [-0.1, -0.05) is 18.2 Å². The topological polar surface area (TPSA) is 113 Å². The van der Waals surface area contributed by atoms with E-state index >= 15 is 0 Å². The van der Waals surface area contributed by atoms with Crippen LogP contribution in [0, 0.1) is 0 Å². The Balaban J connectivity index is 2.73. The van der Waals surface area contributed by atoms with Crippen molar-refractivity contribution in [3.63, 3.8) is 0 Å². The third-order valence-electron chi connectivity index (χ3n) is 2.61. The first-order valence-electron chi connectivity index (χ1n) is 6.00. The molecule has 0 aliphatic carbocycles. The van der Waals surface area contributed by atoms with E-state index < -0.39 is 17.9 Å². The fourth-order valence-electron chi connectivity index (χ4n) is 1.62. The first-order chi connectivity index (χ1) is 9.40. The number of para-hydroxylation sites is 1. The second-order valence-corrected chi connectivity index (χ2v) is 4.30. The summed E-state index contributed by atoms with van der Waals surface area (Å²) in [4.78, 5) is 34.3. The van der Waals surface area contributed by atoms with Gasteiger partial charge in [-0.3, -0.25) is 9.59 Å². The molecule has 0 radical (unpaired) electrons. The summed E-state index contributed by atoms with van der Waals surface area (Å²) >= 11 is 0. The Kier molecular flexibility index (Phi) is 5.52. The average Bonchev–Trinajstić information content (AvgIpc) is 2.36. The van der Waals surface area contributed by atoms with Gasteiger partial charge < -0.3 is 21.1 Å². The van der Waals surface area contributed by atoms with E-state index in [1.54, 1.807) is 24.3 Å². The molecule has 4 N–H and O–H groups in total. The number of benzene rings is 1. The molecule has 0 spiro atoms. The Bertz CT molecular complexity index is 516. The minimum atomic E-state index is -0.906. The van der Waals surface area contributed by atoms with Crippen molar-refractivity contribution in [2.24, 2.45) is 5.73 Å². The van der Waals surface area contributed by atoms with E-state index in [0.717, 1.165) is 10.5 Å². The number of urea groups is 1. The molecule has 0 saturated heterocycles. The number of carboxylic acids is 1. The summed E-state index contributed by atoms with van der Waals surface area (Å²) in [6.07, 6.45) is 0.287. The second-order valence-electron chi connectivity index (χ2n) is 4.30. The summed E-state index contributed by atoms with van der Waals surface area (Å²) in [5.74, 6) is -1.52. The normalized spacial score (nSPS) is 9.85. The van der Waals surface area contributed by atoms with Crippen LogP contribution in [0.25, 0.3) is 0 Å². The molecule has 0 fully saturated rings. The van der Waals surface area contributed by atoms with Gasteiger partial charge in [0.15, 0.2) is 0 Å². The minimum absolute atomic E-state index is 0.0238. The van der Waals surface area contributed by atoms with Gasteiger partial charge in [-0.05, 0) is 18.1 Å². The molecule has 1 rings (SSSR count). The zero-order chi connectivity index (χ0) is 15.1. The van der Waals surface area contributed by atoms with Gasteiger partial charge in [0.25, 0.3) is 0 Å². The number of nitrogens with one attached hydrogen (secondary N) is 1. The number of aliphatic carboxylic acids is 1. The standard InChI is InChI=1S/C13H17N3O4/c1-16(8-11(14)17)13(20)15-10-5-3-2-4-9(10)6-7-12(18)19/h2-5H,6-8H2,1H3,(H2,14,17)(H,15,20)(H,18,19). The van der Waals surface area contributed by atoms with Crippen molar-refractivity contribution in [2.75, 3.05) is 18.9 Å². The predicted octanol–water partition coefficient (Wildman–Crippen LogP) is 0.653. The third kappa shape index (κ3) is 4.97. The van der Waals surface area contributed by atoms with Crippen LogP contribution in [0.1, 0.15) is 12.0 Å². The first kappa shape index (κ1) is 15.5. The van der Waals surface area contributed by atoms with Gasteiger partial charge in [-0.2, -0.15) is 0 Å². The van der Waals surface area contributed by atoms with E-state index in [0.29, 0.717) is 12.1 Å². The van der Waals surface area contributed by atoms with E-state index in [9.17, 15) is 14.4 Å². The van der Waals surface area contributed by atoms with Gasteiger partial charge in [0.2, 0.25) is 5.91 Å². The lowest BCUT2D eigenvalue weighted by Gasteiger charge is -2.17. The fraction of sp³-hybridized carbons (Fsp3) is 0.308. The lowest BCUT2D eigenvalue weighted by Crippen LogP contribution is -2.38. The van der Waals surface area contributed by atoms with Crippen molar-refractivity contribution in [3.8, 4) is 0 Å². The van der Waals surface area contributed by atoms with Crippen LogP contribution in [0.2, 0.25) is 0 Å².